The minimum atomic E-state index is -2.24. The van der Waals surface area contributed by atoms with Gasteiger partial charge in [-0.1, -0.05) is 0 Å². The summed E-state index contributed by atoms with van der Waals surface area (Å²) in [7, 11) is 0. The number of carbonyl (C=O) groups is 1. The van der Waals surface area contributed by atoms with Crippen LogP contribution in [-0.2, 0) is 28.5 Å². The van der Waals surface area contributed by atoms with E-state index in [2.05, 4.69) is 26.8 Å². The van der Waals surface area contributed by atoms with Gasteiger partial charge in [0.2, 0.25) is 0 Å². The molecule has 3 rings (SSSR count). The van der Waals surface area contributed by atoms with E-state index in [1.54, 1.807) is 0 Å². The second-order valence-electron chi connectivity index (χ2n) is 14.7. The summed E-state index contributed by atoms with van der Waals surface area (Å²) in [4.78, 5) is 12.3. The fourth-order valence-corrected chi connectivity index (χ4v) is 22.2. The van der Waals surface area contributed by atoms with Crippen LogP contribution in [0.25, 0.3) is 0 Å². The van der Waals surface area contributed by atoms with E-state index >= 15 is 0 Å². The summed E-state index contributed by atoms with van der Waals surface area (Å²) in [5, 5.41) is 0. The van der Waals surface area contributed by atoms with Crippen LogP contribution in [0.4, 0.5) is 0 Å². The van der Waals surface area contributed by atoms with E-state index in [1.807, 2.05) is 27.0 Å². The van der Waals surface area contributed by atoms with E-state index < -0.39 is 23.8 Å². The molecule has 43 heavy (non-hydrogen) atoms. The molecule has 3 saturated heterocycles. The number of ether oxygens (including phenoxy) is 5. The van der Waals surface area contributed by atoms with Crippen LogP contribution in [0.15, 0.2) is 12.3 Å². The van der Waals surface area contributed by atoms with Crippen LogP contribution in [0, 0.1) is 5.41 Å². The van der Waals surface area contributed by atoms with Crippen molar-refractivity contribution in [3.05, 3.63) is 12.3 Å². The van der Waals surface area contributed by atoms with Crippen LogP contribution in [-0.4, -0.2) is 74.2 Å². The van der Waals surface area contributed by atoms with E-state index in [0.29, 0.717) is 6.61 Å². The Labute approximate surface area is 268 Å². The first-order valence-electron chi connectivity index (χ1n) is 18.1. The second kappa shape index (κ2) is 19.4. The summed E-state index contributed by atoms with van der Waals surface area (Å²) in [6, 6.07) is 0. The summed E-state index contributed by atoms with van der Waals surface area (Å²) in [5.74, 6) is -0.145. The van der Waals surface area contributed by atoms with Gasteiger partial charge in [-0.3, -0.25) is 0 Å². The van der Waals surface area contributed by atoms with Gasteiger partial charge in [-0.25, -0.2) is 0 Å². The van der Waals surface area contributed by atoms with Gasteiger partial charge in [0.15, 0.2) is 0 Å². The van der Waals surface area contributed by atoms with Crippen LogP contribution in [0.5, 0.6) is 0 Å². The van der Waals surface area contributed by atoms with E-state index in [0.717, 1.165) is 58.0 Å². The molecule has 6 atom stereocenters. The Bertz CT molecular complexity index is 788. The van der Waals surface area contributed by atoms with Gasteiger partial charge in [0.1, 0.15) is 0 Å². The van der Waals surface area contributed by atoms with Gasteiger partial charge < -0.3 is 0 Å². The maximum absolute atomic E-state index is 12.3. The molecule has 6 nitrogen and oxygen atoms in total. The number of esters is 1. The van der Waals surface area contributed by atoms with Gasteiger partial charge in [-0.05, 0) is 20.8 Å². The fourth-order valence-electron chi connectivity index (χ4n) is 7.17. The van der Waals surface area contributed by atoms with Crippen LogP contribution < -0.4 is 0 Å². The summed E-state index contributed by atoms with van der Waals surface area (Å²) in [5.41, 5.74) is -0.482. The first kappa shape index (κ1) is 37.1. The van der Waals surface area contributed by atoms with E-state index in [-0.39, 0.29) is 42.6 Å². The molecule has 0 aliphatic carbocycles. The number of fused-ring (bicyclic) bond motifs is 2. The predicted molar refractivity (Wildman–Crippen MR) is 178 cm³/mol. The molecule has 3 heterocycles. The van der Waals surface area contributed by atoms with Gasteiger partial charge in [0.25, 0.3) is 0 Å². The monoisotopic (exact) mass is 714 g/mol. The van der Waals surface area contributed by atoms with Gasteiger partial charge in [0, 0.05) is 6.61 Å². The standard InChI is InChI=1S/C24H39O6.3C4H9.Sn/c1-5-14-26-17-10-12-21-22(13-11-18-20(30-21)8-6-15-27-18)29-19(17)9-7-16-28-23(25)24(2,3)4;3*1-3-4-2;/h5,14,17-22H,1,6-13,15-16H2,2-4H3;3*1,3-4H2,2H3;/b14-5-;;;;/t17-,18+,19+,20-,21+,22-;;;;/m0..../s1. The Balaban J connectivity index is 1.67. The Kier molecular flexibility index (Phi) is 16.7. The molecule has 3 aliphatic rings. The van der Waals surface area contributed by atoms with Crippen LogP contribution in [0.3, 0.4) is 0 Å². The van der Waals surface area contributed by atoms with Gasteiger partial charge >= 0.3 is 242 Å². The molecule has 0 radical (unpaired) electrons. The molecule has 0 amide bonds. The van der Waals surface area contributed by atoms with Crippen molar-refractivity contribution in [2.75, 3.05) is 13.2 Å². The summed E-state index contributed by atoms with van der Waals surface area (Å²) < 4.78 is 37.7. The third kappa shape index (κ3) is 12.4. The normalized spacial score (nSPS) is 28.5. The molecule has 0 saturated carbocycles. The van der Waals surface area contributed by atoms with Crippen LogP contribution >= 0.6 is 0 Å². The molecule has 0 bridgehead atoms. The van der Waals surface area contributed by atoms with Crippen molar-refractivity contribution < 1.29 is 28.5 Å². The van der Waals surface area contributed by atoms with Crippen molar-refractivity contribution in [3.63, 3.8) is 0 Å². The van der Waals surface area contributed by atoms with Crippen molar-refractivity contribution in [1.82, 2.24) is 0 Å². The third-order valence-corrected chi connectivity index (χ3v) is 25.2. The molecule has 0 unspecified atom stereocenters. The SMILES string of the molecule is CCC[CH2][Sn]([CH2]/C=C\O[C@H]1CC[C@H]2O[C@H]3CCCO[C@@H]3CC[C@@H]2O[C@@H]1CCCOC(=O)C(C)(C)C)([CH2]CCC)[CH2]CCC. The van der Waals surface area contributed by atoms with Crippen molar-refractivity contribution >= 4 is 24.3 Å². The molecule has 0 N–H and O–H groups in total. The zero-order valence-electron chi connectivity index (χ0n) is 28.7. The molecule has 7 heteroatoms. The second-order valence-corrected chi connectivity index (χ2v) is 28.7. The van der Waals surface area contributed by atoms with Crippen molar-refractivity contribution in [2.45, 2.75) is 186 Å². The average Bonchev–Trinajstić information content (AvgIpc) is 3.27. The summed E-state index contributed by atoms with van der Waals surface area (Å²) in [6.07, 6.45) is 20.7. The molecule has 0 aromatic carbocycles. The zero-order valence-corrected chi connectivity index (χ0v) is 31.6. The Morgan fingerprint density at radius 3 is 2.07 bits per heavy atom. The van der Waals surface area contributed by atoms with Crippen molar-refractivity contribution in [3.8, 4) is 0 Å². The summed E-state index contributed by atoms with van der Waals surface area (Å²) in [6.45, 7) is 14.0. The van der Waals surface area contributed by atoms with Gasteiger partial charge in [-0.2, -0.15) is 0 Å². The average molecular weight is 714 g/mol. The van der Waals surface area contributed by atoms with Crippen LogP contribution in [0.1, 0.15) is 131 Å². The number of carbonyl (C=O) groups excluding carboxylic acids is 1. The Morgan fingerprint density at radius 1 is 0.814 bits per heavy atom. The van der Waals surface area contributed by atoms with Gasteiger partial charge in [0.05, 0.1) is 0 Å². The minimum absolute atomic E-state index is 0.00461. The molecular weight excluding hydrogens is 647 g/mol. The molecular formula is C36H66O6Sn. The number of unbranched alkanes of at least 4 members (excludes halogenated alkanes) is 3. The molecule has 250 valence electrons. The topological polar surface area (TPSA) is 63.2 Å². The van der Waals surface area contributed by atoms with E-state index in [1.165, 1.54) is 56.3 Å². The zero-order chi connectivity index (χ0) is 31.1. The maximum atomic E-state index is 12.3. The number of hydrogen-bond acceptors (Lipinski definition) is 6. The van der Waals surface area contributed by atoms with E-state index in [4.69, 9.17) is 23.7 Å². The first-order chi connectivity index (χ1) is 20.7. The van der Waals surface area contributed by atoms with E-state index in [9.17, 15) is 4.79 Å². The Hall–Kier alpha value is -0.311. The molecule has 0 aromatic rings. The molecule has 0 aromatic heterocycles. The number of hydrogen-bond donors (Lipinski definition) is 0. The number of rotatable bonds is 17. The molecule has 0 spiro atoms. The van der Waals surface area contributed by atoms with Crippen molar-refractivity contribution in [1.29, 1.82) is 0 Å². The quantitative estimate of drug-likeness (QED) is 0.0648. The third-order valence-electron chi connectivity index (χ3n) is 9.94. The Morgan fingerprint density at radius 2 is 1.42 bits per heavy atom. The van der Waals surface area contributed by atoms with Crippen molar-refractivity contribution in [2.24, 2.45) is 5.41 Å². The number of allylic oxidation sites excluding steroid dienone is 1. The van der Waals surface area contributed by atoms with Gasteiger partial charge in [-0.15, -0.1) is 0 Å². The fraction of sp³-hybridized carbons (Fsp3) is 0.917. The van der Waals surface area contributed by atoms with Crippen LogP contribution in [0.2, 0.25) is 17.7 Å². The molecule has 3 aliphatic heterocycles. The first-order valence-corrected chi connectivity index (χ1v) is 26.2. The molecule has 3 fully saturated rings. The summed E-state index contributed by atoms with van der Waals surface area (Å²) >= 11 is -2.24. The predicted octanol–water partition coefficient (Wildman–Crippen LogP) is 9.38.